The molecule has 190 valence electrons. The van der Waals surface area contributed by atoms with Crippen LogP contribution in [0, 0.1) is 5.82 Å². The highest BCUT2D eigenvalue weighted by atomic mass is 32.2. The molecule has 3 aliphatic heterocycles. The SMILES string of the molecule is O=C1CC[C@H](N2C(=O)c3cc(F)c(N4CCNCC4)cc3C2=O)C(=O)N1.O=S(=O)(O)c1ccccc1. The molecule has 0 aromatic heterocycles. The molecule has 2 aromatic carbocycles. The predicted octanol–water partition coefficient (Wildman–Crippen LogP) is 0.570. The van der Waals surface area contributed by atoms with Crippen LogP contribution in [0.4, 0.5) is 10.1 Å². The summed E-state index contributed by atoms with van der Waals surface area (Å²) in [4.78, 5) is 51.3. The van der Waals surface area contributed by atoms with Crippen LogP contribution in [-0.2, 0) is 19.7 Å². The minimum absolute atomic E-state index is 0.0453. The molecule has 0 radical (unpaired) electrons. The third kappa shape index (κ3) is 5.12. The van der Waals surface area contributed by atoms with Crippen LogP contribution in [0.2, 0.25) is 0 Å². The smallest absolute Gasteiger partial charge is 0.294 e. The zero-order valence-corrected chi connectivity index (χ0v) is 19.8. The number of imide groups is 2. The first-order chi connectivity index (χ1) is 17.1. The summed E-state index contributed by atoms with van der Waals surface area (Å²) in [6.45, 7) is 2.58. The first kappa shape index (κ1) is 25.4. The van der Waals surface area contributed by atoms with E-state index in [1.165, 1.54) is 18.2 Å². The highest BCUT2D eigenvalue weighted by Crippen LogP contribution is 2.32. The van der Waals surface area contributed by atoms with E-state index in [2.05, 4.69) is 10.6 Å². The van der Waals surface area contributed by atoms with Gasteiger partial charge in [-0.15, -0.1) is 0 Å². The van der Waals surface area contributed by atoms with Crippen molar-refractivity contribution in [1.82, 2.24) is 15.5 Å². The Balaban J connectivity index is 0.000000256. The van der Waals surface area contributed by atoms with Gasteiger partial charge < -0.3 is 10.2 Å². The van der Waals surface area contributed by atoms with Crippen LogP contribution in [0.25, 0.3) is 0 Å². The first-order valence-electron chi connectivity index (χ1n) is 11.1. The number of piperidine rings is 1. The van der Waals surface area contributed by atoms with Gasteiger partial charge in [0.25, 0.3) is 21.9 Å². The minimum Gasteiger partial charge on any atom is -0.367 e. The zero-order chi connectivity index (χ0) is 26.0. The Kier molecular flexibility index (Phi) is 7.15. The predicted molar refractivity (Wildman–Crippen MR) is 124 cm³/mol. The van der Waals surface area contributed by atoms with Crippen molar-refractivity contribution in [2.24, 2.45) is 0 Å². The summed E-state index contributed by atoms with van der Waals surface area (Å²) >= 11 is 0. The molecular formula is C23H23FN4O7S. The number of piperazine rings is 1. The number of rotatable bonds is 3. The monoisotopic (exact) mass is 518 g/mol. The maximum absolute atomic E-state index is 14.6. The maximum atomic E-state index is 14.6. The van der Waals surface area contributed by atoms with E-state index < -0.39 is 45.6 Å². The Bertz CT molecular complexity index is 1330. The van der Waals surface area contributed by atoms with Gasteiger partial charge in [-0.05, 0) is 30.7 Å². The summed E-state index contributed by atoms with van der Waals surface area (Å²) in [7, 11) is -4.00. The average molecular weight is 519 g/mol. The molecule has 0 spiro atoms. The number of nitrogens with zero attached hydrogens (tertiary/aromatic N) is 2. The number of halogens is 1. The molecular weight excluding hydrogens is 495 g/mol. The number of hydrogen-bond donors (Lipinski definition) is 3. The number of hydrogen-bond acceptors (Lipinski definition) is 8. The lowest BCUT2D eigenvalue weighted by Crippen LogP contribution is -2.54. The van der Waals surface area contributed by atoms with Gasteiger partial charge in [0.05, 0.1) is 21.7 Å². The van der Waals surface area contributed by atoms with Crippen molar-refractivity contribution in [3.8, 4) is 0 Å². The van der Waals surface area contributed by atoms with Gasteiger partial charge in [0.1, 0.15) is 11.9 Å². The van der Waals surface area contributed by atoms with Crippen molar-refractivity contribution >= 4 is 39.4 Å². The van der Waals surface area contributed by atoms with Gasteiger partial charge in [0.15, 0.2) is 0 Å². The Morgan fingerprint density at radius 3 is 2.11 bits per heavy atom. The van der Waals surface area contributed by atoms with Crippen LogP contribution in [0.5, 0.6) is 0 Å². The zero-order valence-electron chi connectivity index (χ0n) is 18.9. The molecule has 0 aliphatic carbocycles. The van der Waals surface area contributed by atoms with Crippen LogP contribution < -0.4 is 15.5 Å². The lowest BCUT2D eigenvalue weighted by molar-refractivity contribution is -0.136. The molecule has 3 aliphatic rings. The third-order valence-corrected chi connectivity index (χ3v) is 6.87. The second-order valence-corrected chi connectivity index (χ2v) is 9.74. The van der Waals surface area contributed by atoms with E-state index >= 15 is 0 Å². The number of amides is 4. The van der Waals surface area contributed by atoms with E-state index in [1.54, 1.807) is 18.2 Å². The molecule has 4 amide bonds. The molecule has 2 aromatic rings. The van der Waals surface area contributed by atoms with E-state index in [1.807, 2.05) is 4.90 Å². The van der Waals surface area contributed by atoms with Crippen molar-refractivity contribution in [2.45, 2.75) is 23.8 Å². The molecule has 36 heavy (non-hydrogen) atoms. The van der Waals surface area contributed by atoms with Crippen LogP contribution in [0.15, 0.2) is 47.4 Å². The van der Waals surface area contributed by atoms with E-state index in [9.17, 15) is 32.0 Å². The fraction of sp³-hybridized carbons (Fsp3) is 0.304. The summed E-state index contributed by atoms with van der Waals surface area (Å²) in [5.74, 6) is -3.02. The van der Waals surface area contributed by atoms with Crippen molar-refractivity contribution < 1.29 is 36.5 Å². The van der Waals surface area contributed by atoms with E-state index in [0.29, 0.717) is 26.2 Å². The molecule has 0 saturated carbocycles. The average Bonchev–Trinajstić information content (AvgIpc) is 3.09. The number of nitrogens with one attached hydrogen (secondary N) is 2. The number of anilines is 1. The molecule has 3 heterocycles. The molecule has 3 N–H and O–H groups in total. The summed E-state index contributed by atoms with van der Waals surface area (Å²) < 4.78 is 43.8. The van der Waals surface area contributed by atoms with Crippen molar-refractivity contribution in [1.29, 1.82) is 0 Å². The lowest BCUT2D eigenvalue weighted by Gasteiger charge is -2.30. The maximum Gasteiger partial charge on any atom is 0.294 e. The van der Waals surface area contributed by atoms with Gasteiger partial charge in [-0.2, -0.15) is 8.42 Å². The number of carbonyl (C=O) groups excluding carboxylic acids is 4. The quantitative estimate of drug-likeness (QED) is 0.391. The van der Waals surface area contributed by atoms with Crippen molar-refractivity contribution in [2.75, 3.05) is 31.1 Å². The highest BCUT2D eigenvalue weighted by Gasteiger charge is 2.45. The van der Waals surface area contributed by atoms with Crippen LogP contribution in [0.1, 0.15) is 33.6 Å². The van der Waals surface area contributed by atoms with Gasteiger partial charge in [0.2, 0.25) is 11.8 Å². The fourth-order valence-electron chi connectivity index (χ4n) is 4.22. The Hall–Kier alpha value is -3.68. The summed E-state index contributed by atoms with van der Waals surface area (Å²) in [6, 6.07) is 8.83. The Labute approximate surface area is 206 Å². The van der Waals surface area contributed by atoms with E-state index in [4.69, 9.17) is 4.55 Å². The molecule has 0 unspecified atom stereocenters. The number of carbonyl (C=O) groups is 4. The molecule has 13 heteroatoms. The molecule has 11 nitrogen and oxygen atoms in total. The van der Waals surface area contributed by atoms with Gasteiger partial charge in [-0.3, -0.25) is 33.9 Å². The van der Waals surface area contributed by atoms with Gasteiger partial charge in [0, 0.05) is 32.6 Å². The lowest BCUT2D eigenvalue weighted by atomic mass is 10.0. The molecule has 1 atom stereocenters. The minimum atomic E-state index is -4.00. The highest BCUT2D eigenvalue weighted by molar-refractivity contribution is 7.85. The van der Waals surface area contributed by atoms with Gasteiger partial charge >= 0.3 is 0 Å². The summed E-state index contributed by atoms with van der Waals surface area (Å²) in [6.07, 6.45) is 0.119. The molecule has 0 bridgehead atoms. The second kappa shape index (κ2) is 10.1. The topological polar surface area (TPSA) is 153 Å². The summed E-state index contributed by atoms with van der Waals surface area (Å²) in [5.41, 5.74) is 0.322. The van der Waals surface area contributed by atoms with Gasteiger partial charge in [-0.25, -0.2) is 4.39 Å². The van der Waals surface area contributed by atoms with E-state index in [0.717, 1.165) is 11.0 Å². The summed E-state index contributed by atoms with van der Waals surface area (Å²) in [5, 5.41) is 5.30. The van der Waals surface area contributed by atoms with Crippen LogP contribution in [0.3, 0.4) is 0 Å². The van der Waals surface area contributed by atoms with Crippen molar-refractivity contribution in [3.05, 3.63) is 59.4 Å². The Morgan fingerprint density at radius 1 is 0.944 bits per heavy atom. The molecule has 5 rings (SSSR count). The normalized spacial score (nSPS) is 20.0. The van der Waals surface area contributed by atoms with Crippen molar-refractivity contribution in [3.63, 3.8) is 0 Å². The van der Waals surface area contributed by atoms with Crippen LogP contribution in [-0.4, -0.2) is 73.7 Å². The fourth-order valence-corrected chi connectivity index (χ4v) is 4.72. The standard InChI is InChI=1S/C17H17FN4O4.C6H6O3S/c18-11-7-9-10(8-13(11)21-5-3-19-4-6-21)17(26)22(16(9)25)12-1-2-14(23)20-15(12)24;7-10(8,9)6-4-2-1-3-5-6/h7-8,12,19H,1-6H2,(H,20,23,24);1-5H,(H,7,8,9)/t12-;/m0./s1. The Morgan fingerprint density at radius 2 is 1.56 bits per heavy atom. The van der Waals surface area contributed by atoms with Gasteiger partial charge in [-0.1, -0.05) is 18.2 Å². The number of benzene rings is 2. The molecule has 2 fully saturated rings. The second-order valence-electron chi connectivity index (χ2n) is 8.32. The largest absolute Gasteiger partial charge is 0.367 e. The first-order valence-corrected chi connectivity index (χ1v) is 12.6. The third-order valence-electron chi connectivity index (χ3n) is 6.01. The van der Waals surface area contributed by atoms with Crippen LogP contribution >= 0.6 is 0 Å². The van der Waals surface area contributed by atoms with E-state index in [-0.39, 0.29) is 34.6 Å². The molecule has 2 saturated heterocycles. The number of fused-ring (bicyclic) bond motifs is 1.